The smallest absolute Gasteiger partial charge is 0.00682 e. The molecule has 0 heterocycles. The van der Waals surface area contributed by atoms with Crippen molar-refractivity contribution in [2.24, 2.45) is 5.92 Å². The van der Waals surface area contributed by atoms with E-state index in [2.05, 4.69) is 140 Å². The van der Waals surface area contributed by atoms with Crippen LogP contribution in [0.25, 0.3) is 38.6 Å². The largest absolute Gasteiger partial charge is 0.0836 e. The van der Waals surface area contributed by atoms with Crippen LogP contribution in [-0.2, 0) is 17.3 Å². The first-order valence-electron chi connectivity index (χ1n) is 17.7. The van der Waals surface area contributed by atoms with Gasteiger partial charge in [-0.1, -0.05) is 140 Å². The number of rotatable bonds is 8. The number of fused-ring (bicyclic) bond motifs is 4. The van der Waals surface area contributed by atoms with E-state index in [1.807, 2.05) is 0 Å². The normalized spacial score (nSPS) is 18.7. The highest BCUT2D eigenvalue weighted by atomic mass is 14.4. The average Bonchev–Trinajstić information content (AvgIpc) is 3.41. The Bertz CT molecular complexity index is 1870. The minimum Gasteiger partial charge on any atom is -0.0836 e. The van der Waals surface area contributed by atoms with Crippen molar-refractivity contribution in [2.45, 2.75) is 104 Å². The standard InChI is InChI=1S/C45H50/c1-8-44(6,9-2)32-22-23-33-35(28-32)40(31-20-16-13-17-21-31)43-37-27-29(5)26-36-38(45(7,10-3)11-4)25-24-34(41(36)37)42(43)39(33)30-18-14-12-15-19-30/h12-20,22-25,27-29,31H,8-11,21,26H2,1-7H3. The highest BCUT2D eigenvalue weighted by Gasteiger charge is 2.39. The lowest BCUT2D eigenvalue weighted by molar-refractivity contribution is 0.433. The fourth-order valence-electron chi connectivity index (χ4n) is 8.71. The van der Waals surface area contributed by atoms with Gasteiger partial charge in [0.25, 0.3) is 0 Å². The van der Waals surface area contributed by atoms with E-state index >= 15 is 0 Å². The number of allylic oxidation sites excluding steroid dienone is 5. The molecule has 2 atom stereocenters. The Morgan fingerprint density at radius 3 is 2.11 bits per heavy atom. The maximum Gasteiger partial charge on any atom is 0.00682 e. The first-order valence-corrected chi connectivity index (χ1v) is 17.7. The molecule has 0 N–H and O–H groups in total. The minimum atomic E-state index is 0.161. The van der Waals surface area contributed by atoms with Crippen molar-refractivity contribution < 1.29 is 0 Å². The first-order chi connectivity index (χ1) is 21.8. The third kappa shape index (κ3) is 4.54. The average molecular weight is 591 g/mol. The van der Waals surface area contributed by atoms with Gasteiger partial charge in [-0.2, -0.15) is 0 Å². The number of hydrogen-bond acceptors (Lipinski definition) is 0. The maximum atomic E-state index is 2.63. The Balaban J connectivity index is 1.66. The van der Waals surface area contributed by atoms with Gasteiger partial charge in [-0.05, 0) is 127 Å². The van der Waals surface area contributed by atoms with Crippen LogP contribution in [0, 0.1) is 5.92 Å². The molecule has 230 valence electrons. The summed E-state index contributed by atoms with van der Waals surface area (Å²) in [5, 5.41) is 2.84. The predicted molar refractivity (Wildman–Crippen MR) is 196 cm³/mol. The second kappa shape index (κ2) is 11.3. The van der Waals surface area contributed by atoms with Crippen molar-refractivity contribution in [1.82, 2.24) is 0 Å². The van der Waals surface area contributed by atoms with Crippen molar-refractivity contribution >= 4 is 16.3 Å². The van der Waals surface area contributed by atoms with Crippen LogP contribution in [0.15, 0.2) is 91.0 Å². The zero-order chi connectivity index (χ0) is 31.5. The van der Waals surface area contributed by atoms with E-state index < -0.39 is 0 Å². The summed E-state index contributed by atoms with van der Waals surface area (Å²) in [5.41, 5.74) is 16.7. The van der Waals surface area contributed by atoms with E-state index in [1.165, 1.54) is 60.9 Å². The van der Waals surface area contributed by atoms with Gasteiger partial charge < -0.3 is 0 Å². The molecule has 0 heteroatoms. The summed E-state index contributed by atoms with van der Waals surface area (Å²) >= 11 is 0. The van der Waals surface area contributed by atoms with Gasteiger partial charge in [0.05, 0.1) is 0 Å². The highest BCUT2D eigenvalue weighted by Crippen LogP contribution is 2.59. The molecule has 0 saturated heterocycles. The van der Waals surface area contributed by atoms with Crippen LogP contribution < -0.4 is 0 Å². The fourth-order valence-corrected chi connectivity index (χ4v) is 8.71. The van der Waals surface area contributed by atoms with Crippen LogP contribution in [0.1, 0.15) is 120 Å². The van der Waals surface area contributed by atoms with Crippen molar-refractivity contribution in [3.63, 3.8) is 0 Å². The van der Waals surface area contributed by atoms with Crippen LogP contribution in [0.5, 0.6) is 0 Å². The van der Waals surface area contributed by atoms with Gasteiger partial charge in [-0.3, -0.25) is 0 Å². The van der Waals surface area contributed by atoms with E-state index in [1.54, 1.807) is 11.1 Å². The SMILES string of the molecule is CCC(C)(CC)c1ccc2c(-c3ccccc3)c3c(c(C4C=CC=CC4)c2c1)C1=CC(C)Cc2c(C(C)(CC)CC)ccc-3c21. The molecule has 0 fully saturated rings. The summed E-state index contributed by atoms with van der Waals surface area (Å²) in [7, 11) is 0. The molecule has 2 unspecified atom stereocenters. The fraction of sp³-hybridized carbons (Fsp3) is 0.378. The highest BCUT2D eigenvalue weighted by molar-refractivity contribution is 6.17. The van der Waals surface area contributed by atoms with Crippen LogP contribution in [0.4, 0.5) is 0 Å². The molecule has 3 aliphatic carbocycles. The third-order valence-corrected chi connectivity index (χ3v) is 12.3. The maximum absolute atomic E-state index is 2.63. The quantitative estimate of drug-likeness (QED) is 0.169. The van der Waals surface area contributed by atoms with E-state index in [0.29, 0.717) is 11.8 Å². The lowest BCUT2D eigenvalue weighted by atomic mass is 9.71. The van der Waals surface area contributed by atoms with Crippen molar-refractivity contribution in [3.8, 4) is 22.3 Å². The van der Waals surface area contributed by atoms with Crippen molar-refractivity contribution in [2.75, 3.05) is 0 Å². The Morgan fingerprint density at radius 1 is 0.711 bits per heavy atom. The van der Waals surface area contributed by atoms with Gasteiger partial charge in [0.15, 0.2) is 0 Å². The van der Waals surface area contributed by atoms with Crippen LogP contribution in [-0.4, -0.2) is 0 Å². The minimum absolute atomic E-state index is 0.161. The molecule has 45 heavy (non-hydrogen) atoms. The molecular formula is C45H50. The molecule has 0 spiro atoms. The van der Waals surface area contributed by atoms with Gasteiger partial charge in [0.1, 0.15) is 0 Å². The first kappa shape index (κ1) is 30.0. The summed E-state index contributed by atoms with van der Waals surface area (Å²) in [4.78, 5) is 0. The summed E-state index contributed by atoms with van der Waals surface area (Å²) < 4.78 is 0. The third-order valence-electron chi connectivity index (χ3n) is 12.3. The second-order valence-electron chi connectivity index (χ2n) is 14.6. The van der Waals surface area contributed by atoms with E-state index in [9.17, 15) is 0 Å². The number of benzene rings is 4. The molecule has 0 radical (unpaired) electrons. The van der Waals surface area contributed by atoms with Gasteiger partial charge in [0.2, 0.25) is 0 Å². The molecular weight excluding hydrogens is 540 g/mol. The molecule has 0 bridgehead atoms. The molecule has 7 rings (SSSR count). The Labute approximate surface area is 272 Å². The molecule has 4 aromatic rings. The zero-order valence-electron chi connectivity index (χ0n) is 28.6. The van der Waals surface area contributed by atoms with Gasteiger partial charge >= 0.3 is 0 Å². The van der Waals surface area contributed by atoms with E-state index in [0.717, 1.165) is 38.5 Å². The molecule has 0 aliphatic heterocycles. The van der Waals surface area contributed by atoms with Gasteiger partial charge in [-0.25, -0.2) is 0 Å². The van der Waals surface area contributed by atoms with Crippen LogP contribution in [0.3, 0.4) is 0 Å². The Kier molecular flexibility index (Phi) is 7.55. The summed E-state index contributed by atoms with van der Waals surface area (Å²) in [6, 6.07) is 23.8. The summed E-state index contributed by atoms with van der Waals surface area (Å²) in [6.45, 7) is 16.8. The topological polar surface area (TPSA) is 0 Å². The number of hydrogen-bond donors (Lipinski definition) is 0. The molecule has 0 aromatic heterocycles. The summed E-state index contributed by atoms with van der Waals surface area (Å²) in [6.07, 6.45) is 18.8. The van der Waals surface area contributed by atoms with Crippen LogP contribution >= 0.6 is 0 Å². The Morgan fingerprint density at radius 2 is 1.44 bits per heavy atom. The van der Waals surface area contributed by atoms with E-state index in [-0.39, 0.29) is 10.8 Å². The predicted octanol–water partition coefficient (Wildman–Crippen LogP) is 12.9. The van der Waals surface area contributed by atoms with Gasteiger partial charge in [0, 0.05) is 5.92 Å². The Hall–Kier alpha value is -3.64. The molecule has 4 aromatic carbocycles. The molecule has 3 aliphatic rings. The van der Waals surface area contributed by atoms with Crippen molar-refractivity contribution in [3.05, 3.63) is 124 Å². The molecule has 0 nitrogen and oxygen atoms in total. The molecule has 0 amide bonds. The van der Waals surface area contributed by atoms with Crippen LogP contribution in [0.2, 0.25) is 0 Å². The lowest BCUT2D eigenvalue weighted by Gasteiger charge is -2.33. The second-order valence-corrected chi connectivity index (χ2v) is 14.6. The zero-order valence-corrected chi connectivity index (χ0v) is 28.6. The van der Waals surface area contributed by atoms with Crippen molar-refractivity contribution in [1.29, 1.82) is 0 Å². The molecule has 0 saturated carbocycles. The monoisotopic (exact) mass is 590 g/mol. The lowest BCUT2D eigenvalue weighted by Crippen LogP contribution is -2.24. The van der Waals surface area contributed by atoms with Gasteiger partial charge in [-0.15, -0.1) is 0 Å². The summed E-state index contributed by atoms with van der Waals surface area (Å²) in [5.74, 6) is 0.860. The van der Waals surface area contributed by atoms with E-state index in [4.69, 9.17) is 0 Å².